The summed E-state index contributed by atoms with van der Waals surface area (Å²) in [5, 5.41) is 10.9. The van der Waals surface area contributed by atoms with Crippen LogP contribution in [0.15, 0.2) is 54.3 Å². The van der Waals surface area contributed by atoms with Gasteiger partial charge < -0.3 is 9.84 Å². The van der Waals surface area contributed by atoms with Gasteiger partial charge in [-0.05, 0) is 42.3 Å². The molecule has 0 bridgehead atoms. The minimum atomic E-state index is -0.301. The number of benzene rings is 2. The van der Waals surface area contributed by atoms with Crippen LogP contribution in [-0.2, 0) is 9.53 Å². The molecule has 1 N–H and O–H groups in total. The Morgan fingerprint density at radius 3 is 2.71 bits per heavy atom. The number of halogens is 1. The molecule has 1 aliphatic rings. The van der Waals surface area contributed by atoms with Crippen molar-refractivity contribution in [3.05, 3.63) is 70.4 Å². The molecule has 1 aliphatic heterocycles. The minimum Gasteiger partial charge on any atom is -0.506 e. The number of hydrogen-bond donors (Lipinski definition) is 1. The van der Waals surface area contributed by atoms with E-state index in [9.17, 15) is 9.90 Å². The van der Waals surface area contributed by atoms with Crippen molar-refractivity contribution in [3.8, 4) is 5.75 Å². The molecule has 2 aromatic carbocycles. The van der Waals surface area contributed by atoms with Gasteiger partial charge in [-0.15, -0.1) is 0 Å². The Kier molecular flexibility index (Phi) is 4.49. The van der Waals surface area contributed by atoms with Gasteiger partial charge in [0.25, 0.3) is 5.91 Å². The first-order valence-electron chi connectivity index (χ1n) is 7.62. The lowest BCUT2D eigenvalue weighted by atomic mass is 9.96. The number of amides is 1. The fourth-order valence-electron chi connectivity index (χ4n) is 2.95. The number of carbonyl (C=O) groups excluding carboxylic acids is 1. The molecule has 4 nitrogen and oxygen atoms in total. The summed E-state index contributed by atoms with van der Waals surface area (Å²) < 4.78 is 5.30. The van der Waals surface area contributed by atoms with Crippen LogP contribution in [0.3, 0.4) is 0 Å². The molecule has 0 saturated heterocycles. The van der Waals surface area contributed by atoms with Gasteiger partial charge in [0.15, 0.2) is 0 Å². The smallest absolute Gasteiger partial charge is 0.255 e. The monoisotopic (exact) mass is 343 g/mol. The molecule has 0 fully saturated rings. The highest BCUT2D eigenvalue weighted by Crippen LogP contribution is 2.40. The van der Waals surface area contributed by atoms with Crippen LogP contribution in [0.1, 0.15) is 23.6 Å². The predicted octanol–water partition coefficient (Wildman–Crippen LogP) is 4.36. The fraction of sp³-hybridized carbons (Fsp3) is 0.211. The lowest BCUT2D eigenvalue weighted by molar-refractivity contribution is -0.115. The number of anilines is 1. The van der Waals surface area contributed by atoms with Gasteiger partial charge in [0.1, 0.15) is 11.5 Å². The minimum absolute atomic E-state index is 0.0737. The topological polar surface area (TPSA) is 49.8 Å². The van der Waals surface area contributed by atoms with E-state index in [0.29, 0.717) is 22.9 Å². The molecular weight excluding hydrogens is 326 g/mol. The van der Waals surface area contributed by atoms with E-state index in [1.54, 1.807) is 30.2 Å². The van der Waals surface area contributed by atoms with Crippen LogP contribution in [-0.4, -0.2) is 18.1 Å². The highest BCUT2D eigenvalue weighted by atomic mass is 35.5. The van der Waals surface area contributed by atoms with E-state index in [4.69, 9.17) is 16.3 Å². The first kappa shape index (κ1) is 16.4. The van der Waals surface area contributed by atoms with Crippen molar-refractivity contribution in [1.82, 2.24) is 0 Å². The first-order chi connectivity index (χ1) is 11.5. The summed E-state index contributed by atoms with van der Waals surface area (Å²) in [5.41, 5.74) is 2.29. The summed E-state index contributed by atoms with van der Waals surface area (Å²) in [6.45, 7) is 1.89. The van der Waals surface area contributed by atoms with E-state index in [1.165, 1.54) is 6.08 Å². The van der Waals surface area contributed by atoms with E-state index in [0.717, 1.165) is 11.1 Å². The van der Waals surface area contributed by atoms with Gasteiger partial charge in [0.2, 0.25) is 0 Å². The lowest BCUT2D eigenvalue weighted by Gasteiger charge is -2.35. The second-order valence-corrected chi connectivity index (χ2v) is 6.23. The summed E-state index contributed by atoms with van der Waals surface area (Å²) in [5.74, 6) is 0.444. The Morgan fingerprint density at radius 2 is 2.04 bits per heavy atom. The van der Waals surface area contributed by atoms with Gasteiger partial charge in [-0.3, -0.25) is 9.69 Å². The average molecular weight is 344 g/mol. The van der Waals surface area contributed by atoms with Crippen molar-refractivity contribution in [2.75, 3.05) is 12.0 Å². The fourth-order valence-corrected chi connectivity index (χ4v) is 3.15. The van der Waals surface area contributed by atoms with Crippen molar-refractivity contribution >= 4 is 23.2 Å². The number of aryl methyl sites for hydroxylation is 1. The molecule has 2 aromatic rings. The van der Waals surface area contributed by atoms with Crippen LogP contribution in [0, 0.1) is 6.92 Å². The van der Waals surface area contributed by atoms with Gasteiger partial charge in [-0.2, -0.15) is 0 Å². The molecule has 0 radical (unpaired) electrons. The summed E-state index contributed by atoms with van der Waals surface area (Å²) in [7, 11) is 1.55. The zero-order chi connectivity index (χ0) is 17.3. The summed E-state index contributed by atoms with van der Waals surface area (Å²) in [6.07, 6.45) is 1.97. The second kappa shape index (κ2) is 6.57. The third kappa shape index (κ3) is 3.10. The van der Waals surface area contributed by atoms with E-state index in [-0.39, 0.29) is 17.7 Å². The highest BCUT2D eigenvalue weighted by Gasteiger charge is 2.33. The van der Waals surface area contributed by atoms with Crippen molar-refractivity contribution in [1.29, 1.82) is 0 Å². The zero-order valence-electron chi connectivity index (χ0n) is 13.5. The van der Waals surface area contributed by atoms with E-state index in [1.807, 2.05) is 31.2 Å². The van der Waals surface area contributed by atoms with Crippen molar-refractivity contribution in [2.24, 2.45) is 0 Å². The molecule has 0 spiro atoms. The highest BCUT2D eigenvalue weighted by molar-refractivity contribution is 6.30. The van der Waals surface area contributed by atoms with Gasteiger partial charge in [0.05, 0.1) is 18.8 Å². The zero-order valence-corrected chi connectivity index (χ0v) is 14.2. The largest absolute Gasteiger partial charge is 0.506 e. The number of hydrogen-bond acceptors (Lipinski definition) is 3. The number of carbonyl (C=O) groups is 1. The molecule has 24 heavy (non-hydrogen) atoms. The van der Waals surface area contributed by atoms with Gasteiger partial charge in [0, 0.05) is 17.5 Å². The number of rotatable bonds is 3. The number of phenols is 1. The summed E-state index contributed by atoms with van der Waals surface area (Å²) >= 11 is 6.12. The standard InChI is InChI=1S/C19H18ClNO3/c1-12-6-7-16(18(22)8-12)21-17(10-15(24-2)11-19(21)23)13-4-3-5-14(20)9-13/h3-9,11,17,22H,10H2,1-2H3. The first-order valence-corrected chi connectivity index (χ1v) is 8.00. The van der Waals surface area contributed by atoms with Crippen LogP contribution in [0.5, 0.6) is 5.75 Å². The number of nitrogens with zero attached hydrogens (tertiary/aromatic N) is 1. The van der Waals surface area contributed by atoms with Gasteiger partial charge in [-0.25, -0.2) is 0 Å². The van der Waals surface area contributed by atoms with Crippen LogP contribution < -0.4 is 4.90 Å². The molecule has 0 aliphatic carbocycles. The predicted molar refractivity (Wildman–Crippen MR) is 94.2 cm³/mol. The SMILES string of the molecule is COC1=CC(=O)N(c2ccc(C)cc2O)C(c2cccc(Cl)c2)C1. The molecule has 1 amide bonds. The van der Waals surface area contributed by atoms with E-state index >= 15 is 0 Å². The third-order valence-corrected chi connectivity index (χ3v) is 4.35. The summed E-state index contributed by atoms with van der Waals surface area (Å²) in [6, 6.07) is 12.4. The summed E-state index contributed by atoms with van der Waals surface area (Å²) in [4.78, 5) is 14.3. The van der Waals surface area contributed by atoms with E-state index < -0.39 is 0 Å². The molecule has 3 rings (SSSR count). The maximum atomic E-state index is 12.7. The quantitative estimate of drug-likeness (QED) is 0.900. The number of phenolic OH excluding ortho intramolecular Hbond substituents is 1. The van der Waals surface area contributed by atoms with Crippen LogP contribution in [0.4, 0.5) is 5.69 Å². The normalized spacial score (nSPS) is 17.6. The third-order valence-electron chi connectivity index (χ3n) is 4.11. The average Bonchev–Trinajstić information content (AvgIpc) is 2.55. The molecule has 1 unspecified atom stereocenters. The Hall–Kier alpha value is -2.46. The lowest BCUT2D eigenvalue weighted by Crippen LogP contribution is -2.37. The van der Waals surface area contributed by atoms with Crippen LogP contribution in [0.2, 0.25) is 5.02 Å². The molecule has 1 heterocycles. The number of methoxy groups -OCH3 is 1. The van der Waals surface area contributed by atoms with Crippen molar-refractivity contribution < 1.29 is 14.6 Å². The Bertz CT molecular complexity index is 816. The maximum absolute atomic E-state index is 12.7. The molecule has 5 heteroatoms. The van der Waals surface area contributed by atoms with Crippen LogP contribution >= 0.6 is 11.6 Å². The second-order valence-electron chi connectivity index (χ2n) is 5.79. The van der Waals surface area contributed by atoms with Crippen LogP contribution in [0.25, 0.3) is 0 Å². The van der Waals surface area contributed by atoms with E-state index in [2.05, 4.69) is 0 Å². The van der Waals surface area contributed by atoms with Crippen molar-refractivity contribution in [3.63, 3.8) is 0 Å². The molecular formula is C19H18ClNO3. The Balaban J connectivity index is 2.12. The number of ether oxygens (including phenoxy) is 1. The molecule has 0 saturated carbocycles. The number of aromatic hydroxyl groups is 1. The Labute approximate surface area is 145 Å². The maximum Gasteiger partial charge on any atom is 0.255 e. The molecule has 124 valence electrons. The molecule has 0 aromatic heterocycles. The van der Waals surface area contributed by atoms with Gasteiger partial charge in [-0.1, -0.05) is 29.8 Å². The Morgan fingerprint density at radius 1 is 1.25 bits per heavy atom. The van der Waals surface area contributed by atoms with Gasteiger partial charge >= 0.3 is 0 Å². The molecule has 1 atom stereocenters. The van der Waals surface area contributed by atoms with Crippen molar-refractivity contribution in [2.45, 2.75) is 19.4 Å².